The number of benzene rings is 1. The molecule has 18 heavy (non-hydrogen) atoms. The fourth-order valence-electron chi connectivity index (χ4n) is 1.55. The predicted molar refractivity (Wildman–Crippen MR) is 60.4 cm³/mol. The largest absolute Gasteiger partial charge is 0.573 e. The van der Waals surface area contributed by atoms with E-state index in [2.05, 4.69) is 9.84 Å². The second-order valence-electron chi connectivity index (χ2n) is 3.66. The molecule has 0 bridgehead atoms. The molecular formula is C11H8BF3N2O. The minimum atomic E-state index is -4.69. The summed E-state index contributed by atoms with van der Waals surface area (Å²) in [5.74, 6) is -0.274. The van der Waals surface area contributed by atoms with Crippen LogP contribution in [0.15, 0.2) is 30.3 Å². The molecule has 0 saturated heterocycles. The van der Waals surface area contributed by atoms with Gasteiger partial charge in [-0.1, -0.05) is 0 Å². The minimum Gasteiger partial charge on any atom is -0.406 e. The number of nitrogens with zero attached hydrogens (tertiary/aromatic N) is 2. The Kier molecular flexibility index (Phi) is 3.06. The fraction of sp³-hybridized carbons (Fsp3) is 0.182. The van der Waals surface area contributed by atoms with Crippen molar-refractivity contribution in [3.63, 3.8) is 0 Å². The van der Waals surface area contributed by atoms with Gasteiger partial charge in [0.15, 0.2) is 0 Å². The number of rotatable bonds is 2. The number of halogens is 3. The summed E-state index contributed by atoms with van der Waals surface area (Å²) < 4.78 is 41.2. The Morgan fingerprint density at radius 2 is 1.83 bits per heavy atom. The third-order valence-corrected chi connectivity index (χ3v) is 2.22. The van der Waals surface area contributed by atoms with Crippen LogP contribution in [0.1, 0.15) is 5.69 Å². The highest BCUT2D eigenvalue weighted by Crippen LogP contribution is 2.23. The number of aryl methyl sites for hydroxylation is 1. The first kappa shape index (κ1) is 12.5. The second-order valence-corrected chi connectivity index (χ2v) is 3.66. The summed E-state index contributed by atoms with van der Waals surface area (Å²) in [5.41, 5.74) is 1.75. The van der Waals surface area contributed by atoms with E-state index in [0.717, 1.165) is 5.69 Å². The Hall–Kier alpha value is -1.92. The molecule has 2 aromatic rings. The van der Waals surface area contributed by atoms with E-state index in [4.69, 9.17) is 7.85 Å². The first-order valence-electron chi connectivity index (χ1n) is 5.03. The summed E-state index contributed by atoms with van der Waals surface area (Å²) in [6.07, 6.45) is -4.69. The highest BCUT2D eigenvalue weighted by atomic mass is 19.4. The molecule has 0 fully saturated rings. The Balaban J connectivity index is 2.25. The van der Waals surface area contributed by atoms with Gasteiger partial charge in [0.2, 0.25) is 0 Å². The van der Waals surface area contributed by atoms with E-state index in [1.807, 2.05) is 0 Å². The molecule has 1 heterocycles. The molecule has 0 atom stereocenters. The topological polar surface area (TPSA) is 27.1 Å². The third kappa shape index (κ3) is 2.85. The molecule has 0 spiro atoms. The summed E-state index contributed by atoms with van der Waals surface area (Å²) in [7, 11) is 5.52. The first-order valence-corrected chi connectivity index (χ1v) is 5.03. The van der Waals surface area contributed by atoms with Gasteiger partial charge in [0.1, 0.15) is 13.6 Å². The lowest BCUT2D eigenvalue weighted by Gasteiger charge is -2.09. The molecule has 0 aliphatic carbocycles. The molecular weight excluding hydrogens is 244 g/mol. The molecule has 0 saturated carbocycles. The summed E-state index contributed by atoms with van der Waals surface area (Å²) in [6.45, 7) is 1.80. The summed E-state index contributed by atoms with van der Waals surface area (Å²) in [6, 6.07) is 7.06. The van der Waals surface area contributed by atoms with Crippen molar-refractivity contribution < 1.29 is 17.9 Å². The quantitative estimate of drug-likeness (QED) is 0.763. The van der Waals surface area contributed by atoms with Crippen molar-refractivity contribution in [3.8, 4) is 11.4 Å². The van der Waals surface area contributed by atoms with Crippen LogP contribution >= 0.6 is 0 Å². The van der Waals surface area contributed by atoms with Crippen molar-refractivity contribution in [1.82, 2.24) is 9.78 Å². The number of ether oxygens (including phenoxy) is 1. The van der Waals surface area contributed by atoms with Gasteiger partial charge in [0.25, 0.3) is 0 Å². The van der Waals surface area contributed by atoms with Crippen LogP contribution in [-0.2, 0) is 0 Å². The minimum absolute atomic E-state index is 0.274. The molecule has 1 aromatic carbocycles. The maximum absolute atomic E-state index is 12.0. The average Bonchev–Trinajstić information content (AvgIpc) is 2.57. The van der Waals surface area contributed by atoms with Crippen molar-refractivity contribution in [1.29, 1.82) is 0 Å². The van der Waals surface area contributed by atoms with Gasteiger partial charge >= 0.3 is 6.36 Å². The van der Waals surface area contributed by atoms with Crippen LogP contribution in [0.2, 0.25) is 0 Å². The van der Waals surface area contributed by atoms with Gasteiger partial charge in [-0.05, 0) is 37.3 Å². The Bertz CT molecular complexity index is 548. The van der Waals surface area contributed by atoms with Crippen molar-refractivity contribution in [2.45, 2.75) is 13.3 Å². The molecule has 3 nitrogen and oxygen atoms in total. The van der Waals surface area contributed by atoms with Crippen molar-refractivity contribution in [2.75, 3.05) is 0 Å². The molecule has 2 rings (SSSR count). The smallest absolute Gasteiger partial charge is 0.406 e. The number of hydrogen-bond acceptors (Lipinski definition) is 2. The van der Waals surface area contributed by atoms with E-state index >= 15 is 0 Å². The maximum atomic E-state index is 12.0. The molecule has 92 valence electrons. The van der Waals surface area contributed by atoms with Gasteiger partial charge < -0.3 is 4.74 Å². The van der Waals surface area contributed by atoms with Crippen LogP contribution in [-0.4, -0.2) is 24.0 Å². The second kappa shape index (κ2) is 4.40. The normalized spacial score (nSPS) is 11.6. The lowest BCUT2D eigenvalue weighted by Crippen LogP contribution is -2.17. The van der Waals surface area contributed by atoms with Crippen molar-refractivity contribution >= 4 is 13.4 Å². The zero-order chi connectivity index (χ0) is 13.3. The Morgan fingerprint density at radius 1 is 1.22 bits per heavy atom. The highest BCUT2D eigenvalue weighted by Gasteiger charge is 2.30. The summed E-state index contributed by atoms with van der Waals surface area (Å²) in [5, 5.41) is 4.02. The Labute approximate surface area is 103 Å². The van der Waals surface area contributed by atoms with Gasteiger partial charge in [-0.15, -0.1) is 13.2 Å². The molecule has 2 radical (unpaired) electrons. The molecule has 0 unspecified atom stereocenters. The monoisotopic (exact) mass is 252 g/mol. The highest BCUT2D eigenvalue weighted by molar-refractivity contribution is 6.30. The van der Waals surface area contributed by atoms with Gasteiger partial charge in [-0.25, -0.2) is 4.68 Å². The molecule has 0 amide bonds. The zero-order valence-corrected chi connectivity index (χ0v) is 9.40. The van der Waals surface area contributed by atoms with Crippen LogP contribution in [0.25, 0.3) is 5.69 Å². The van der Waals surface area contributed by atoms with Gasteiger partial charge in [0.05, 0.1) is 5.69 Å². The van der Waals surface area contributed by atoms with Crippen LogP contribution in [0.4, 0.5) is 13.2 Å². The fourth-order valence-corrected chi connectivity index (χ4v) is 1.55. The van der Waals surface area contributed by atoms with Crippen molar-refractivity contribution in [2.24, 2.45) is 0 Å². The lowest BCUT2D eigenvalue weighted by atomic mass is 10.1. The van der Waals surface area contributed by atoms with Crippen molar-refractivity contribution in [3.05, 3.63) is 36.0 Å². The van der Waals surface area contributed by atoms with E-state index in [1.165, 1.54) is 28.9 Å². The zero-order valence-electron chi connectivity index (χ0n) is 9.40. The van der Waals surface area contributed by atoms with E-state index < -0.39 is 6.36 Å². The van der Waals surface area contributed by atoms with Crippen LogP contribution in [0, 0.1) is 6.92 Å². The summed E-state index contributed by atoms with van der Waals surface area (Å²) >= 11 is 0. The molecule has 1 aromatic heterocycles. The van der Waals surface area contributed by atoms with E-state index in [-0.39, 0.29) is 5.75 Å². The number of aromatic nitrogens is 2. The van der Waals surface area contributed by atoms with E-state index in [0.29, 0.717) is 11.3 Å². The van der Waals surface area contributed by atoms with Crippen LogP contribution in [0.5, 0.6) is 5.75 Å². The van der Waals surface area contributed by atoms with Gasteiger partial charge in [-0.3, -0.25) is 0 Å². The lowest BCUT2D eigenvalue weighted by molar-refractivity contribution is -0.274. The Morgan fingerprint density at radius 3 is 2.28 bits per heavy atom. The number of alkyl halides is 3. The maximum Gasteiger partial charge on any atom is 0.573 e. The van der Waals surface area contributed by atoms with Crippen LogP contribution in [0.3, 0.4) is 0 Å². The average molecular weight is 252 g/mol. The molecule has 0 N–H and O–H groups in total. The molecule has 7 heteroatoms. The first-order chi connectivity index (χ1) is 8.35. The summed E-state index contributed by atoms with van der Waals surface area (Å²) in [4.78, 5) is 0. The molecule has 0 aliphatic rings. The molecule has 0 aliphatic heterocycles. The number of hydrogen-bond donors (Lipinski definition) is 0. The third-order valence-electron chi connectivity index (χ3n) is 2.22. The SMILES string of the molecule is [B]c1cc(C)n(-c2ccc(OC(F)(F)F)cc2)n1. The van der Waals surface area contributed by atoms with E-state index in [9.17, 15) is 13.2 Å². The predicted octanol–water partition coefficient (Wildman–Crippen LogP) is 1.87. The van der Waals surface area contributed by atoms with Crippen LogP contribution < -0.4 is 10.3 Å². The standard InChI is InChI=1S/C11H8BF3N2O/c1-7-6-10(12)16-17(7)8-2-4-9(5-3-8)18-11(13,14)15/h2-6H,1H3. The van der Waals surface area contributed by atoms with Gasteiger partial charge in [0, 0.05) is 11.3 Å². The van der Waals surface area contributed by atoms with Gasteiger partial charge in [-0.2, -0.15) is 5.10 Å². The van der Waals surface area contributed by atoms with E-state index in [1.54, 1.807) is 13.0 Å².